The van der Waals surface area contributed by atoms with Gasteiger partial charge in [0.15, 0.2) is 5.78 Å². The predicted molar refractivity (Wildman–Crippen MR) is 149 cm³/mol. The molecule has 0 amide bonds. The molecule has 0 aliphatic heterocycles. The molecular formula is C33H36N2O. The van der Waals surface area contributed by atoms with E-state index in [1.807, 2.05) is 48.5 Å². The number of rotatable bonds is 12. The number of carbonyl (C=O) groups excluding carboxylic acids is 1. The number of ketones is 1. The third-order valence-corrected chi connectivity index (χ3v) is 6.64. The van der Waals surface area contributed by atoms with Crippen LogP contribution in [0.25, 0.3) is 0 Å². The lowest BCUT2D eigenvalue weighted by molar-refractivity contribution is 0.103. The van der Waals surface area contributed by atoms with Crippen LogP contribution >= 0.6 is 0 Å². The van der Waals surface area contributed by atoms with Gasteiger partial charge in [-0.15, -0.1) is 0 Å². The summed E-state index contributed by atoms with van der Waals surface area (Å²) in [6.07, 6.45) is 1.68. The molecule has 0 heterocycles. The maximum Gasteiger partial charge on any atom is 0.193 e. The molecule has 3 heteroatoms. The molecule has 0 fully saturated rings. The van der Waals surface area contributed by atoms with Gasteiger partial charge in [-0.25, -0.2) is 0 Å². The highest BCUT2D eigenvalue weighted by Gasteiger charge is 2.17. The average molecular weight is 477 g/mol. The zero-order valence-corrected chi connectivity index (χ0v) is 21.4. The van der Waals surface area contributed by atoms with Gasteiger partial charge in [-0.2, -0.15) is 0 Å². The number of benzene rings is 4. The lowest BCUT2D eigenvalue weighted by Crippen LogP contribution is -2.22. The zero-order valence-electron chi connectivity index (χ0n) is 21.4. The molecule has 184 valence electrons. The largest absolute Gasteiger partial charge is 0.302 e. The van der Waals surface area contributed by atoms with Crippen LogP contribution in [0.15, 0.2) is 109 Å². The van der Waals surface area contributed by atoms with Crippen LogP contribution in [0.2, 0.25) is 0 Å². The van der Waals surface area contributed by atoms with Gasteiger partial charge in [0.25, 0.3) is 0 Å². The first kappa shape index (κ1) is 25.6. The van der Waals surface area contributed by atoms with Gasteiger partial charge in [0.1, 0.15) is 0 Å². The molecule has 36 heavy (non-hydrogen) atoms. The van der Waals surface area contributed by atoms with E-state index in [1.54, 1.807) is 0 Å². The maximum absolute atomic E-state index is 13.7. The molecule has 0 aromatic heterocycles. The molecule has 0 unspecified atom stereocenters. The van der Waals surface area contributed by atoms with Crippen LogP contribution in [-0.2, 0) is 25.9 Å². The van der Waals surface area contributed by atoms with Crippen LogP contribution in [0, 0.1) is 0 Å². The Morgan fingerprint density at radius 3 is 1.31 bits per heavy atom. The molecule has 0 saturated carbocycles. The second-order valence-corrected chi connectivity index (χ2v) is 9.59. The smallest absolute Gasteiger partial charge is 0.193 e. The van der Waals surface area contributed by atoms with E-state index < -0.39 is 0 Å². The van der Waals surface area contributed by atoms with Crippen molar-refractivity contribution in [3.63, 3.8) is 0 Å². The van der Waals surface area contributed by atoms with E-state index in [9.17, 15) is 4.79 Å². The molecule has 3 nitrogen and oxygen atoms in total. The van der Waals surface area contributed by atoms with Crippen LogP contribution in [0.1, 0.15) is 38.2 Å². The van der Waals surface area contributed by atoms with Crippen molar-refractivity contribution in [2.75, 3.05) is 27.2 Å². The summed E-state index contributed by atoms with van der Waals surface area (Å²) in [4.78, 5) is 18.4. The van der Waals surface area contributed by atoms with Gasteiger partial charge in [0.2, 0.25) is 0 Å². The summed E-state index contributed by atoms with van der Waals surface area (Å²) in [7, 11) is 4.28. The van der Waals surface area contributed by atoms with Crippen LogP contribution in [0.4, 0.5) is 0 Å². The molecule has 0 aliphatic carbocycles. The first-order valence-electron chi connectivity index (χ1n) is 12.8. The summed E-state index contributed by atoms with van der Waals surface area (Å²) in [5.74, 6) is 0.123. The minimum Gasteiger partial charge on any atom is -0.302 e. The summed E-state index contributed by atoms with van der Waals surface area (Å²) in [5.41, 5.74) is 6.45. The van der Waals surface area contributed by atoms with Gasteiger partial charge in [0.05, 0.1) is 0 Å². The van der Waals surface area contributed by atoms with E-state index in [0.29, 0.717) is 0 Å². The molecule has 0 atom stereocenters. The van der Waals surface area contributed by atoms with Crippen molar-refractivity contribution in [3.05, 3.63) is 143 Å². The van der Waals surface area contributed by atoms with Crippen molar-refractivity contribution >= 4 is 5.78 Å². The molecule has 4 aromatic rings. The fraction of sp³-hybridized carbons (Fsp3) is 0.242. The molecular weight excluding hydrogens is 440 g/mol. The molecule has 0 spiro atoms. The van der Waals surface area contributed by atoms with E-state index in [2.05, 4.69) is 84.6 Å². The minimum absolute atomic E-state index is 0.123. The lowest BCUT2D eigenvalue weighted by Gasteiger charge is -2.19. The SMILES string of the molecule is CN(CCc1ccccc1C(=O)c1ccccc1CCN(C)Cc1ccccc1)Cc1ccccc1. The van der Waals surface area contributed by atoms with Crippen molar-refractivity contribution in [1.82, 2.24) is 9.80 Å². The van der Waals surface area contributed by atoms with E-state index in [0.717, 1.165) is 61.3 Å². The van der Waals surface area contributed by atoms with Crippen molar-refractivity contribution in [2.24, 2.45) is 0 Å². The molecule has 0 radical (unpaired) electrons. The van der Waals surface area contributed by atoms with E-state index >= 15 is 0 Å². The highest BCUT2D eigenvalue weighted by molar-refractivity contribution is 6.10. The highest BCUT2D eigenvalue weighted by Crippen LogP contribution is 2.20. The second kappa shape index (κ2) is 13.0. The average Bonchev–Trinajstić information content (AvgIpc) is 2.92. The standard InChI is InChI=1S/C33H36N2O/c1-34(25-27-13-5-3-6-14-27)23-21-29-17-9-11-19-31(29)33(36)32-20-12-10-18-30(32)22-24-35(2)26-28-15-7-4-8-16-28/h3-20H,21-26H2,1-2H3. The number of carbonyl (C=O) groups is 1. The Labute approximate surface area is 216 Å². The van der Waals surface area contributed by atoms with E-state index in [1.165, 1.54) is 11.1 Å². The lowest BCUT2D eigenvalue weighted by atomic mass is 9.92. The summed E-state index contributed by atoms with van der Waals surface area (Å²) in [6.45, 7) is 3.59. The molecule has 0 saturated heterocycles. The van der Waals surface area contributed by atoms with Crippen LogP contribution in [0.3, 0.4) is 0 Å². The van der Waals surface area contributed by atoms with Crippen molar-refractivity contribution in [1.29, 1.82) is 0 Å². The monoisotopic (exact) mass is 476 g/mol. The first-order valence-corrected chi connectivity index (χ1v) is 12.8. The van der Waals surface area contributed by atoms with Gasteiger partial charge in [-0.3, -0.25) is 4.79 Å². The predicted octanol–water partition coefficient (Wildman–Crippen LogP) is 6.27. The normalized spacial score (nSPS) is 11.2. The number of likely N-dealkylation sites (N-methyl/N-ethyl adjacent to an activating group) is 2. The topological polar surface area (TPSA) is 23.6 Å². The van der Waals surface area contributed by atoms with Crippen molar-refractivity contribution in [3.8, 4) is 0 Å². The molecule has 0 bridgehead atoms. The number of nitrogens with zero attached hydrogens (tertiary/aromatic N) is 2. The fourth-order valence-electron chi connectivity index (χ4n) is 4.64. The highest BCUT2D eigenvalue weighted by atomic mass is 16.1. The summed E-state index contributed by atoms with van der Waals surface area (Å²) in [5, 5.41) is 0. The Morgan fingerprint density at radius 1 is 0.528 bits per heavy atom. The number of hydrogen-bond acceptors (Lipinski definition) is 3. The summed E-state index contributed by atoms with van der Waals surface area (Å²) in [6, 6.07) is 37.2. The van der Waals surface area contributed by atoms with Gasteiger partial charge in [-0.05, 0) is 49.2 Å². The summed E-state index contributed by atoms with van der Waals surface area (Å²) < 4.78 is 0. The van der Waals surface area contributed by atoms with E-state index in [4.69, 9.17) is 0 Å². The van der Waals surface area contributed by atoms with Crippen LogP contribution < -0.4 is 0 Å². The summed E-state index contributed by atoms with van der Waals surface area (Å²) >= 11 is 0. The Kier molecular flexibility index (Phi) is 9.21. The maximum atomic E-state index is 13.7. The zero-order chi connectivity index (χ0) is 25.2. The Balaban J connectivity index is 1.41. The van der Waals surface area contributed by atoms with Gasteiger partial charge in [-0.1, -0.05) is 109 Å². The molecule has 0 N–H and O–H groups in total. The van der Waals surface area contributed by atoms with Crippen LogP contribution in [-0.4, -0.2) is 42.8 Å². The molecule has 4 aromatic carbocycles. The Hall–Kier alpha value is -3.53. The number of hydrogen-bond donors (Lipinski definition) is 0. The fourth-order valence-corrected chi connectivity index (χ4v) is 4.64. The van der Waals surface area contributed by atoms with Gasteiger partial charge in [0, 0.05) is 37.3 Å². The molecule has 4 rings (SSSR count). The van der Waals surface area contributed by atoms with Crippen molar-refractivity contribution in [2.45, 2.75) is 25.9 Å². The second-order valence-electron chi connectivity index (χ2n) is 9.59. The quantitative estimate of drug-likeness (QED) is 0.225. The van der Waals surface area contributed by atoms with Gasteiger partial charge < -0.3 is 9.80 Å². The first-order chi connectivity index (χ1) is 17.6. The minimum atomic E-state index is 0.123. The van der Waals surface area contributed by atoms with Crippen LogP contribution in [0.5, 0.6) is 0 Å². The Morgan fingerprint density at radius 2 is 0.889 bits per heavy atom. The van der Waals surface area contributed by atoms with Gasteiger partial charge >= 0.3 is 0 Å². The van der Waals surface area contributed by atoms with Crippen molar-refractivity contribution < 1.29 is 4.79 Å². The Bertz CT molecular complexity index is 1140. The third-order valence-electron chi connectivity index (χ3n) is 6.64. The van der Waals surface area contributed by atoms with E-state index in [-0.39, 0.29) is 5.78 Å². The molecule has 0 aliphatic rings. The third kappa shape index (κ3) is 7.24.